The van der Waals surface area contributed by atoms with E-state index in [2.05, 4.69) is 15.2 Å². The highest BCUT2D eigenvalue weighted by molar-refractivity contribution is 7.17. The topological polar surface area (TPSA) is 45.2 Å². The number of carbonyl (C=O) groups excluding carboxylic acids is 1. The highest BCUT2D eigenvalue weighted by Crippen LogP contribution is 2.36. The van der Waals surface area contributed by atoms with Crippen LogP contribution in [-0.4, -0.2) is 42.0 Å². The Labute approximate surface area is 156 Å². The van der Waals surface area contributed by atoms with Crippen LogP contribution < -0.4 is 5.32 Å². The minimum absolute atomic E-state index is 0.162. The lowest BCUT2D eigenvalue weighted by molar-refractivity contribution is 0.0953. The number of aromatic nitrogens is 1. The molecule has 7 heteroatoms. The van der Waals surface area contributed by atoms with E-state index in [1.54, 1.807) is 13.0 Å². The molecule has 1 aromatic heterocycles. The number of benzene rings is 1. The normalized spacial score (nSPS) is 14.9. The number of hydrogen-bond donors (Lipinski definition) is 1. The van der Waals surface area contributed by atoms with Crippen LogP contribution in [0, 0.1) is 19.7 Å². The van der Waals surface area contributed by atoms with Crippen molar-refractivity contribution >= 4 is 28.8 Å². The van der Waals surface area contributed by atoms with Gasteiger partial charge in [-0.3, -0.25) is 4.79 Å². The molecule has 2 heterocycles. The third kappa shape index (κ3) is 4.02. The molecule has 25 heavy (non-hydrogen) atoms. The van der Waals surface area contributed by atoms with E-state index in [1.165, 1.54) is 30.2 Å². The average molecular weight is 382 g/mol. The van der Waals surface area contributed by atoms with Crippen LogP contribution >= 0.6 is 22.9 Å². The number of amides is 1. The Balaban J connectivity index is 1.74. The summed E-state index contributed by atoms with van der Waals surface area (Å²) in [5, 5.41) is 3.72. The van der Waals surface area contributed by atoms with Gasteiger partial charge in [0.2, 0.25) is 0 Å². The lowest BCUT2D eigenvalue weighted by atomic mass is 10.1. The van der Waals surface area contributed by atoms with Crippen LogP contribution in [0.5, 0.6) is 0 Å². The summed E-state index contributed by atoms with van der Waals surface area (Å²) in [6.07, 6.45) is 2.46. The van der Waals surface area contributed by atoms with Crippen LogP contribution in [0.2, 0.25) is 5.02 Å². The molecule has 0 bridgehead atoms. The van der Waals surface area contributed by atoms with Crippen molar-refractivity contribution in [2.24, 2.45) is 0 Å². The number of hydrogen-bond acceptors (Lipinski definition) is 4. The third-order valence-corrected chi connectivity index (χ3v) is 6.07. The van der Waals surface area contributed by atoms with Crippen molar-refractivity contribution in [1.82, 2.24) is 15.2 Å². The maximum atomic E-state index is 14.2. The van der Waals surface area contributed by atoms with Crippen LogP contribution in [0.25, 0.3) is 10.6 Å². The van der Waals surface area contributed by atoms with E-state index in [1.807, 2.05) is 6.92 Å². The first-order chi connectivity index (χ1) is 12.0. The summed E-state index contributed by atoms with van der Waals surface area (Å²) in [6, 6.07) is 3.01. The van der Waals surface area contributed by atoms with Crippen LogP contribution in [0.1, 0.15) is 33.8 Å². The van der Waals surface area contributed by atoms with Crippen molar-refractivity contribution in [3.05, 3.63) is 39.1 Å². The molecule has 2 aromatic rings. The summed E-state index contributed by atoms with van der Waals surface area (Å²) in [4.78, 5) is 19.7. The second kappa shape index (κ2) is 7.81. The summed E-state index contributed by atoms with van der Waals surface area (Å²) in [7, 11) is 0. The largest absolute Gasteiger partial charge is 0.350 e. The first-order valence-electron chi connectivity index (χ1n) is 8.40. The number of likely N-dealkylation sites (tertiary alicyclic amines) is 1. The highest BCUT2D eigenvalue weighted by Gasteiger charge is 2.21. The number of rotatable bonds is 5. The second-order valence-corrected chi connectivity index (χ2v) is 7.67. The maximum Gasteiger partial charge on any atom is 0.263 e. The van der Waals surface area contributed by atoms with Crippen LogP contribution in [-0.2, 0) is 0 Å². The Bertz CT molecular complexity index is 787. The van der Waals surface area contributed by atoms with Gasteiger partial charge in [0.25, 0.3) is 5.91 Å². The minimum Gasteiger partial charge on any atom is -0.350 e. The predicted molar refractivity (Wildman–Crippen MR) is 100.0 cm³/mol. The summed E-state index contributed by atoms with van der Waals surface area (Å²) < 4.78 is 14.2. The Hall–Kier alpha value is -1.50. The van der Waals surface area contributed by atoms with Gasteiger partial charge in [0.1, 0.15) is 15.7 Å². The molecule has 1 N–H and O–H groups in total. The van der Waals surface area contributed by atoms with Gasteiger partial charge in [-0.2, -0.15) is 0 Å². The summed E-state index contributed by atoms with van der Waals surface area (Å²) >= 11 is 7.43. The zero-order valence-corrected chi connectivity index (χ0v) is 15.9. The zero-order valence-electron chi connectivity index (χ0n) is 14.4. The summed E-state index contributed by atoms with van der Waals surface area (Å²) in [5.41, 5.74) is 1.64. The molecule has 0 radical (unpaired) electrons. The molecule has 0 aliphatic carbocycles. The third-order valence-electron chi connectivity index (χ3n) is 4.41. The minimum atomic E-state index is -0.426. The number of nitrogens with zero attached hydrogens (tertiary/aromatic N) is 2. The van der Waals surface area contributed by atoms with Crippen molar-refractivity contribution < 1.29 is 9.18 Å². The van der Waals surface area contributed by atoms with Gasteiger partial charge >= 0.3 is 0 Å². The van der Waals surface area contributed by atoms with Crippen molar-refractivity contribution in [3.63, 3.8) is 0 Å². The number of carbonyl (C=O) groups is 1. The molecule has 1 aliphatic rings. The van der Waals surface area contributed by atoms with Crippen LogP contribution in [0.15, 0.2) is 12.1 Å². The second-order valence-electron chi connectivity index (χ2n) is 6.29. The van der Waals surface area contributed by atoms with E-state index in [9.17, 15) is 9.18 Å². The van der Waals surface area contributed by atoms with Gasteiger partial charge in [-0.1, -0.05) is 17.7 Å². The number of aryl methyl sites for hydroxylation is 2. The lowest BCUT2D eigenvalue weighted by Crippen LogP contribution is -2.33. The van der Waals surface area contributed by atoms with Crippen molar-refractivity contribution in [2.75, 3.05) is 26.2 Å². The molecular weight excluding hydrogens is 361 g/mol. The van der Waals surface area contributed by atoms with Gasteiger partial charge in [-0.25, -0.2) is 9.37 Å². The fourth-order valence-corrected chi connectivity index (χ4v) is 4.32. The van der Waals surface area contributed by atoms with Gasteiger partial charge in [0.05, 0.1) is 16.3 Å². The SMILES string of the molecule is Cc1ccc(F)c(-c2nc(C)c(C(=O)NCCN3CCCC3)s2)c1Cl. The van der Waals surface area contributed by atoms with Crippen molar-refractivity contribution in [2.45, 2.75) is 26.7 Å². The Morgan fingerprint density at radius 3 is 2.80 bits per heavy atom. The van der Waals surface area contributed by atoms with Gasteiger partial charge in [0, 0.05) is 13.1 Å². The molecular formula is C18H21ClFN3OS. The van der Waals surface area contributed by atoms with Gasteiger partial charge in [0.15, 0.2) is 0 Å². The quantitative estimate of drug-likeness (QED) is 0.849. The molecule has 0 saturated carbocycles. The number of thiazole rings is 1. The molecule has 1 aliphatic heterocycles. The van der Waals surface area contributed by atoms with E-state index in [0.29, 0.717) is 27.1 Å². The predicted octanol–water partition coefficient (Wildman–Crippen LogP) is 4.05. The molecule has 0 spiro atoms. The zero-order chi connectivity index (χ0) is 18.0. The molecule has 1 fully saturated rings. The molecule has 1 aromatic carbocycles. The smallest absolute Gasteiger partial charge is 0.263 e. The molecule has 0 atom stereocenters. The summed E-state index contributed by atoms with van der Waals surface area (Å²) in [6.45, 7) is 7.24. The summed E-state index contributed by atoms with van der Waals surface area (Å²) in [5.74, 6) is -0.588. The van der Waals surface area contributed by atoms with Gasteiger partial charge < -0.3 is 10.2 Å². The van der Waals surface area contributed by atoms with Gasteiger partial charge in [-0.15, -0.1) is 11.3 Å². The maximum absolute atomic E-state index is 14.2. The van der Waals surface area contributed by atoms with Crippen molar-refractivity contribution in [3.8, 4) is 10.6 Å². The fraction of sp³-hybridized carbons (Fsp3) is 0.444. The van der Waals surface area contributed by atoms with E-state index >= 15 is 0 Å². The van der Waals surface area contributed by atoms with E-state index in [4.69, 9.17) is 11.6 Å². The first-order valence-corrected chi connectivity index (χ1v) is 9.59. The Morgan fingerprint density at radius 1 is 1.36 bits per heavy atom. The molecule has 134 valence electrons. The molecule has 4 nitrogen and oxygen atoms in total. The van der Waals surface area contributed by atoms with Crippen molar-refractivity contribution in [1.29, 1.82) is 0 Å². The monoisotopic (exact) mass is 381 g/mol. The number of nitrogens with one attached hydrogen (secondary N) is 1. The van der Waals surface area contributed by atoms with E-state index in [0.717, 1.165) is 25.2 Å². The fourth-order valence-electron chi connectivity index (χ4n) is 2.98. The molecule has 3 rings (SSSR count). The number of halogens is 2. The lowest BCUT2D eigenvalue weighted by Gasteiger charge is -2.14. The Kier molecular flexibility index (Phi) is 5.71. The highest BCUT2D eigenvalue weighted by atomic mass is 35.5. The average Bonchev–Trinajstić information content (AvgIpc) is 3.21. The standard InChI is InChI=1S/C18H21ClFN3OS/c1-11-5-6-13(20)14(15(11)19)18-22-12(2)16(25-18)17(24)21-7-10-23-8-3-4-9-23/h5-6H,3-4,7-10H2,1-2H3,(H,21,24). The molecule has 1 saturated heterocycles. The van der Waals surface area contributed by atoms with Crippen LogP contribution in [0.4, 0.5) is 4.39 Å². The first kappa shape index (κ1) is 18.3. The molecule has 0 unspecified atom stereocenters. The Morgan fingerprint density at radius 2 is 2.08 bits per heavy atom. The molecule has 1 amide bonds. The van der Waals surface area contributed by atoms with E-state index < -0.39 is 5.82 Å². The van der Waals surface area contributed by atoms with E-state index in [-0.39, 0.29) is 11.5 Å². The van der Waals surface area contributed by atoms with Gasteiger partial charge in [-0.05, 0) is 51.4 Å². The van der Waals surface area contributed by atoms with Crippen LogP contribution in [0.3, 0.4) is 0 Å².